The molecule has 1 aliphatic rings. The van der Waals surface area contributed by atoms with E-state index in [9.17, 15) is 4.39 Å². The quantitative estimate of drug-likeness (QED) is 0.763. The minimum Gasteiger partial charge on any atom is -0.381 e. The normalized spacial score (nSPS) is 20.1. The van der Waals surface area contributed by atoms with Gasteiger partial charge in [0.05, 0.1) is 11.4 Å². The van der Waals surface area contributed by atoms with Crippen molar-refractivity contribution < 1.29 is 4.39 Å². The largest absolute Gasteiger partial charge is 0.381 e. The number of rotatable bonds is 1. The molecule has 0 amide bonds. The first-order valence-electron chi connectivity index (χ1n) is 5.42. The van der Waals surface area contributed by atoms with Crippen LogP contribution in [0.2, 0.25) is 0 Å². The van der Waals surface area contributed by atoms with Gasteiger partial charge in [-0.05, 0) is 32.9 Å². The summed E-state index contributed by atoms with van der Waals surface area (Å²) >= 11 is 0. The second kappa shape index (κ2) is 3.72. The highest BCUT2D eigenvalue weighted by Gasteiger charge is 2.27. The van der Waals surface area contributed by atoms with Gasteiger partial charge in [-0.25, -0.2) is 4.39 Å². The number of para-hydroxylation sites is 1. The van der Waals surface area contributed by atoms with Crippen molar-refractivity contribution in [3.05, 3.63) is 24.0 Å². The highest BCUT2D eigenvalue weighted by molar-refractivity contribution is 5.73. The summed E-state index contributed by atoms with van der Waals surface area (Å²) in [6, 6.07) is 5.84. The molecule has 0 saturated heterocycles. The lowest BCUT2D eigenvalue weighted by Gasteiger charge is -2.40. The molecular weight excluding hydrogens is 191 g/mol. The van der Waals surface area contributed by atoms with Crippen LogP contribution in [0.25, 0.3) is 0 Å². The zero-order chi connectivity index (χ0) is 11.0. The topological polar surface area (TPSA) is 15.3 Å². The van der Waals surface area contributed by atoms with Crippen molar-refractivity contribution in [3.63, 3.8) is 0 Å². The molecule has 0 fully saturated rings. The van der Waals surface area contributed by atoms with Gasteiger partial charge in [-0.1, -0.05) is 6.07 Å². The average molecular weight is 208 g/mol. The van der Waals surface area contributed by atoms with Crippen LogP contribution in [0.3, 0.4) is 0 Å². The number of fused-ring (bicyclic) bond motifs is 1. The monoisotopic (exact) mass is 208 g/mol. The number of benzene rings is 1. The molecule has 0 saturated carbocycles. The minimum absolute atomic E-state index is 0.139. The summed E-state index contributed by atoms with van der Waals surface area (Å²) in [7, 11) is 0. The first kappa shape index (κ1) is 10.3. The predicted octanol–water partition coefficient (Wildman–Crippen LogP) is 2.85. The van der Waals surface area contributed by atoms with Crippen LogP contribution in [0, 0.1) is 5.82 Å². The van der Waals surface area contributed by atoms with Gasteiger partial charge in [-0.2, -0.15) is 0 Å². The standard InChI is InChI=1S/C12H17FN2/c1-8(2)15-9(3)7-14-11-6-4-5-10(13)12(11)15/h4-6,8-9,14H,7H2,1-3H3. The lowest BCUT2D eigenvalue weighted by atomic mass is 10.1. The van der Waals surface area contributed by atoms with Crippen molar-refractivity contribution in [2.24, 2.45) is 0 Å². The van der Waals surface area contributed by atoms with Crippen LogP contribution < -0.4 is 10.2 Å². The van der Waals surface area contributed by atoms with Crippen LogP contribution in [0.1, 0.15) is 20.8 Å². The van der Waals surface area contributed by atoms with Crippen LogP contribution in [-0.2, 0) is 0 Å². The Morgan fingerprint density at radius 1 is 1.47 bits per heavy atom. The summed E-state index contributed by atoms with van der Waals surface area (Å²) < 4.78 is 13.8. The molecule has 1 atom stereocenters. The number of hydrogen-bond acceptors (Lipinski definition) is 2. The summed E-state index contributed by atoms with van der Waals surface area (Å²) in [5.41, 5.74) is 1.62. The van der Waals surface area contributed by atoms with E-state index in [0.29, 0.717) is 17.8 Å². The molecule has 0 spiro atoms. The van der Waals surface area contributed by atoms with E-state index in [4.69, 9.17) is 0 Å². The smallest absolute Gasteiger partial charge is 0.148 e. The van der Waals surface area contributed by atoms with Gasteiger partial charge in [-0.3, -0.25) is 0 Å². The second-order valence-electron chi connectivity index (χ2n) is 4.37. The summed E-state index contributed by atoms with van der Waals surface area (Å²) in [5.74, 6) is -0.139. The summed E-state index contributed by atoms with van der Waals surface area (Å²) in [6.07, 6.45) is 0. The Morgan fingerprint density at radius 3 is 2.87 bits per heavy atom. The fourth-order valence-electron chi connectivity index (χ4n) is 2.26. The maximum absolute atomic E-state index is 13.8. The molecule has 1 aliphatic heterocycles. The third-order valence-electron chi connectivity index (χ3n) is 2.86. The highest BCUT2D eigenvalue weighted by Crippen LogP contribution is 2.35. The van der Waals surface area contributed by atoms with E-state index >= 15 is 0 Å². The van der Waals surface area contributed by atoms with E-state index in [0.717, 1.165) is 12.2 Å². The lowest BCUT2D eigenvalue weighted by molar-refractivity contribution is 0.548. The Labute approximate surface area is 90.1 Å². The van der Waals surface area contributed by atoms with Crippen LogP contribution in [0.5, 0.6) is 0 Å². The van der Waals surface area contributed by atoms with Gasteiger partial charge in [0.1, 0.15) is 5.82 Å². The number of anilines is 2. The summed E-state index contributed by atoms with van der Waals surface area (Å²) in [5, 5.41) is 3.26. The second-order valence-corrected chi connectivity index (χ2v) is 4.37. The first-order chi connectivity index (χ1) is 7.11. The fraction of sp³-hybridized carbons (Fsp3) is 0.500. The van der Waals surface area contributed by atoms with Crippen molar-refractivity contribution in [1.82, 2.24) is 0 Å². The van der Waals surface area contributed by atoms with Gasteiger partial charge < -0.3 is 10.2 Å². The number of nitrogens with zero attached hydrogens (tertiary/aromatic N) is 1. The molecule has 1 unspecified atom stereocenters. The SMILES string of the molecule is CC(C)N1c2c(F)cccc2NCC1C. The van der Waals surface area contributed by atoms with Gasteiger partial charge in [0.15, 0.2) is 0 Å². The zero-order valence-electron chi connectivity index (χ0n) is 9.42. The van der Waals surface area contributed by atoms with Crippen molar-refractivity contribution in [2.75, 3.05) is 16.8 Å². The highest BCUT2D eigenvalue weighted by atomic mass is 19.1. The predicted molar refractivity (Wildman–Crippen MR) is 62.0 cm³/mol. The molecule has 3 heteroatoms. The van der Waals surface area contributed by atoms with Crippen molar-refractivity contribution >= 4 is 11.4 Å². The van der Waals surface area contributed by atoms with E-state index in [2.05, 4.69) is 31.0 Å². The van der Waals surface area contributed by atoms with Gasteiger partial charge in [0.25, 0.3) is 0 Å². The van der Waals surface area contributed by atoms with Crippen molar-refractivity contribution in [1.29, 1.82) is 0 Å². The Bertz CT molecular complexity index is 363. The van der Waals surface area contributed by atoms with Gasteiger partial charge in [0, 0.05) is 18.6 Å². The molecular formula is C12H17FN2. The van der Waals surface area contributed by atoms with Gasteiger partial charge >= 0.3 is 0 Å². The van der Waals surface area contributed by atoms with E-state index in [1.54, 1.807) is 6.07 Å². The van der Waals surface area contributed by atoms with Crippen molar-refractivity contribution in [3.8, 4) is 0 Å². The molecule has 1 N–H and O–H groups in total. The molecule has 1 aromatic rings. The minimum atomic E-state index is -0.139. The molecule has 82 valence electrons. The molecule has 2 rings (SSSR count). The van der Waals surface area contributed by atoms with Crippen LogP contribution in [0.4, 0.5) is 15.8 Å². The number of halogens is 1. The molecule has 0 aliphatic carbocycles. The van der Waals surface area contributed by atoms with E-state index in [1.807, 2.05) is 6.07 Å². The van der Waals surface area contributed by atoms with E-state index in [-0.39, 0.29) is 5.82 Å². The lowest BCUT2D eigenvalue weighted by Crippen LogP contribution is -2.46. The fourth-order valence-corrected chi connectivity index (χ4v) is 2.26. The Kier molecular flexibility index (Phi) is 2.55. The number of hydrogen-bond donors (Lipinski definition) is 1. The van der Waals surface area contributed by atoms with Crippen LogP contribution in [0.15, 0.2) is 18.2 Å². The molecule has 1 heterocycles. The van der Waals surface area contributed by atoms with Crippen LogP contribution in [-0.4, -0.2) is 18.6 Å². The first-order valence-corrected chi connectivity index (χ1v) is 5.42. The van der Waals surface area contributed by atoms with Crippen molar-refractivity contribution in [2.45, 2.75) is 32.9 Å². The molecule has 15 heavy (non-hydrogen) atoms. The maximum Gasteiger partial charge on any atom is 0.148 e. The summed E-state index contributed by atoms with van der Waals surface area (Å²) in [4.78, 5) is 2.14. The van der Waals surface area contributed by atoms with Gasteiger partial charge in [-0.15, -0.1) is 0 Å². The average Bonchev–Trinajstić information content (AvgIpc) is 2.18. The van der Waals surface area contributed by atoms with Gasteiger partial charge in [0.2, 0.25) is 0 Å². The molecule has 0 bridgehead atoms. The molecule has 0 aromatic heterocycles. The molecule has 0 radical (unpaired) electrons. The maximum atomic E-state index is 13.8. The Morgan fingerprint density at radius 2 is 2.20 bits per heavy atom. The Balaban J connectivity index is 2.51. The summed E-state index contributed by atoms with van der Waals surface area (Å²) in [6.45, 7) is 7.17. The van der Waals surface area contributed by atoms with E-state index in [1.165, 1.54) is 6.07 Å². The Hall–Kier alpha value is -1.25. The molecule has 2 nitrogen and oxygen atoms in total. The third kappa shape index (κ3) is 1.66. The zero-order valence-corrected chi connectivity index (χ0v) is 9.42. The number of nitrogens with one attached hydrogen (secondary N) is 1. The third-order valence-corrected chi connectivity index (χ3v) is 2.86. The molecule has 1 aromatic carbocycles. The van der Waals surface area contributed by atoms with E-state index < -0.39 is 0 Å². The van der Waals surface area contributed by atoms with Crippen LogP contribution >= 0.6 is 0 Å².